The molecule has 2 aromatic rings. The summed E-state index contributed by atoms with van der Waals surface area (Å²) < 4.78 is 35.0. The maximum atomic E-state index is 12.3. The van der Waals surface area contributed by atoms with Crippen molar-refractivity contribution in [3.63, 3.8) is 0 Å². The van der Waals surface area contributed by atoms with E-state index in [1.165, 1.54) is 6.26 Å². The van der Waals surface area contributed by atoms with Gasteiger partial charge in [-0.05, 0) is 25.0 Å². The summed E-state index contributed by atoms with van der Waals surface area (Å²) in [5.41, 5.74) is 0.764. The number of halogens is 1. The Morgan fingerprint density at radius 2 is 2.00 bits per heavy atom. The third-order valence-corrected chi connectivity index (χ3v) is 6.40. The molecule has 1 aromatic carbocycles. The van der Waals surface area contributed by atoms with Crippen molar-refractivity contribution < 1.29 is 17.7 Å². The molecule has 6 nitrogen and oxygen atoms in total. The molecule has 8 heteroatoms. The lowest BCUT2D eigenvalue weighted by atomic mass is 9.99. The van der Waals surface area contributed by atoms with E-state index in [-0.39, 0.29) is 5.89 Å². The summed E-state index contributed by atoms with van der Waals surface area (Å²) in [5, 5.41) is 3.95. The predicted octanol–water partition coefficient (Wildman–Crippen LogP) is 2.55. The molecule has 1 aromatic heterocycles. The van der Waals surface area contributed by atoms with E-state index in [4.69, 9.17) is 9.26 Å². The second-order valence-corrected chi connectivity index (χ2v) is 8.55. The highest BCUT2D eigenvalue weighted by atomic mass is 79.9. The van der Waals surface area contributed by atoms with Crippen LogP contribution >= 0.6 is 15.9 Å². The van der Waals surface area contributed by atoms with Crippen molar-refractivity contribution in [1.82, 2.24) is 10.1 Å². The fraction of sp³-hybridized carbons (Fsp3) is 0.429. The third kappa shape index (κ3) is 2.70. The SMILES string of the molecule is CS(=O)(=O)C1(c2nc(-c3cccc(Br)c3)no2)CCOCC1. The number of hydrogen-bond acceptors (Lipinski definition) is 6. The minimum absolute atomic E-state index is 0.147. The standard InChI is InChI=1S/C14H15BrN2O4S/c1-22(18,19)14(5-7-20-8-6-14)13-16-12(17-21-13)10-3-2-4-11(15)9-10/h2-4,9H,5-8H2,1H3. The molecule has 0 amide bonds. The summed E-state index contributed by atoms with van der Waals surface area (Å²) in [5.74, 6) is 0.527. The molecular weight excluding hydrogens is 372 g/mol. The molecule has 0 N–H and O–H groups in total. The van der Waals surface area contributed by atoms with Crippen LogP contribution in [0.2, 0.25) is 0 Å². The van der Waals surface area contributed by atoms with Crippen molar-refractivity contribution in [1.29, 1.82) is 0 Å². The van der Waals surface area contributed by atoms with Crippen LogP contribution < -0.4 is 0 Å². The van der Waals surface area contributed by atoms with E-state index in [1.54, 1.807) is 0 Å². The summed E-state index contributed by atoms with van der Waals surface area (Å²) in [4.78, 5) is 4.35. The molecule has 0 spiro atoms. The Bertz CT molecular complexity index is 782. The Balaban J connectivity index is 2.04. The van der Waals surface area contributed by atoms with Gasteiger partial charge in [-0.25, -0.2) is 8.42 Å². The van der Waals surface area contributed by atoms with Gasteiger partial charge in [0.15, 0.2) is 14.6 Å². The van der Waals surface area contributed by atoms with Crippen molar-refractivity contribution >= 4 is 25.8 Å². The van der Waals surface area contributed by atoms with Crippen LogP contribution in [0.15, 0.2) is 33.3 Å². The van der Waals surface area contributed by atoms with Crippen molar-refractivity contribution in [2.75, 3.05) is 19.5 Å². The van der Waals surface area contributed by atoms with Crippen LogP contribution in [0.3, 0.4) is 0 Å². The molecule has 3 rings (SSSR count). The first-order valence-corrected chi connectivity index (χ1v) is 9.48. The Kier molecular flexibility index (Phi) is 4.09. The maximum absolute atomic E-state index is 12.3. The fourth-order valence-electron chi connectivity index (χ4n) is 2.60. The lowest BCUT2D eigenvalue weighted by molar-refractivity contribution is 0.0651. The van der Waals surface area contributed by atoms with Gasteiger partial charge in [-0.1, -0.05) is 33.2 Å². The second-order valence-electron chi connectivity index (χ2n) is 5.31. The number of rotatable bonds is 3. The van der Waals surface area contributed by atoms with E-state index >= 15 is 0 Å². The Morgan fingerprint density at radius 1 is 1.27 bits per heavy atom. The minimum atomic E-state index is -3.40. The Hall–Kier alpha value is -1.25. The molecule has 0 atom stereocenters. The minimum Gasteiger partial charge on any atom is -0.381 e. The Labute approximate surface area is 136 Å². The van der Waals surface area contributed by atoms with Crippen LogP contribution in [0, 0.1) is 0 Å². The van der Waals surface area contributed by atoms with Crippen molar-refractivity contribution in [3.05, 3.63) is 34.6 Å². The van der Waals surface area contributed by atoms with Crippen LogP contribution in [-0.4, -0.2) is 38.0 Å². The highest BCUT2D eigenvalue weighted by Crippen LogP contribution is 2.39. The number of sulfone groups is 1. The van der Waals surface area contributed by atoms with Gasteiger partial charge in [0.1, 0.15) is 0 Å². The molecule has 0 unspecified atom stereocenters. The first kappa shape index (κ1) is 15.6. The normalized spacial score (nSPS) is 18.3. The van der Waals surface area contributed by atoms with Gasteiger partial charge in [0.2, 0.25) is 11.7 Å². The largest absolute Gasteiger partial charge is 0.381 e. The van der Waals surface area contributed by atoms with Crippen molar-refractivity contribution in [3.8, 4) is 11.4 Å². The highest BCUT2D eigenvalue weighted by Gasteiger charge is 2.48. The zero-order valence-corrected chi connectivity index (χ0v) is 14.4. The van der Waals surface area contributed by atoms with E-state index in [9.17, 15) is 8.42 Å². The van der Waals surface area contributed by atoms with Gasteiger partial charge in [-0.3, -0.25) is 0 Å². The predicted molar refractivity (Wildman–Crippen MR) is 84.0 cm³/mol. The molecule has 0 bridgehead atoms. The number of ether oxygens (including phenoxy) is 1. The average Bonchev–Trinajstić information content (AvgIpc) is 2.97. The van der Waals surface area contributed by atoms with Crippen LogP contribution in [0.1, 0.15) is 18.7 Å². The van der Waals surface area contributed by atoms with Crippen molar-refractivity contribution in [2.24, 2.45) is 0 Å². The molecule has 118 valence electrons. The lowest BCUT2D eigenvalue weighted by Gasteiger charge is -2.31. The monoisotopic (exact) mass is 386 g/mol. The maximum Gasteiger partial charge on any atom is 0.248 e. The number of nitrogens with zero attached hydrogens (tertiary/aromatic N) is 2. The average molecular weight is 387 g/mol. The topological polar surface area (TPSA) is 82.3 Å². The van der Waals surface area contributed by atoms with E-state index in [0.29, 0.717) is 31.9 Å². The lowest BCUT2D eigenvalue weighted by Crippen LogP contribution is -2.41. The zero-order chi connectivity index (χ0) is 15.8. The van der Waals surface area contributed by atoms with Gasteiger partial charge in [0.05, 0.1) is 0 Å². The first-order chi connectivity index (χ1) is 10.4. The van der Waals surface area contributed by atoms with Gasteiger partial charge in [-0.2, -0.15) is 4.98 Å². The van der Waals surface area contributed by atoms with E-state index in [0.717, 1.165) is 10.0 Å². The van der Waals surface area contributed by atoms with Gasteiger partial charge >= 0.3 is 0 Å². The molecule has 1 fully saturated rings. The number of benzene rings is 1. The number of hydrogen-bond donors (Lipinski definition) is 0. The van der Waals surface area contributed by atoms with Crippen LogP contribution in [0.25, 0.3) is 11.4 Å². The summed E-state index contributed by atoms with van der Waals surface area (Å²) >= 11 is 3.39. The van der Waals surface area contributed by atoms with Crippen LogP contribution in [0.5, 0.6) is 0 Å². The van der Waals surface area contributed by atoms with Gasteiger partial charge in [-0.15, -0.1) is 0 Å². The van der Waals surface area contributed by atoms with Crippen LogP contribution in [0.4, 0.5) is 0 Å². The molecule has 22 heavy (non-hydrogen) atoms. The van der Waals surface area contributed by atoms with E-state index in [1.807, 2.05) is 24.3 Å². The van der Waals surface area contributed by atoms with E-state index in [2.05, 4.69) is 26.1 Å². The highest BCUT2D eigenvalue weighted by molar-refractivity contribution is 9.10. The van der Waals surface area contributed by atoms with Gasteiger partial charge in [0.25, 0.3) is 0 Å². The summed E-state index contributed by atoms with van der Waals surface area (Å²) in [6, 6.07) is 7.44. The molecule has 0 aliphatic carbocycles. The molecule has 1 saturated heterocycles. The zero-order valence-electron chi connectivity index (χ0n) is 12.0. The second kappa shape index (κ2) is 5.75. The molecule has 0 radical (unpaired) electrons. The van der Waals surface area contributed by atoms with Crippen LogP contribution in [-0.2, 0) is 19.3 Å². The first-order valence-electron chi connectivity index (χ1n) is 6.80. The summed E-state index contributed by atoms with van der Waals surface area (Å²) in [6.07, 6.45) is 1.86. The Morgan fingerprint density at radius 3 is 2.64 bits per heavy atom. The molecule has 2 heterocycles. The number of aromatic nitrogens is 2. The summed E-state index contributed by atoms with van der Waals surface area (Å²) in [7, 11) is -3.40. The van der Waals surface area contributed by atoms with Gasteiger partial charge < -0.3 is 9.26 Å². The fourth-order valence-corrected chi connectivity index (χ4v) is 4.31. The summed E-state index contributed by atoms with van der Waals surface area (Å²) in [6.45, 7) is 0.726. The van der Waals surface area contributed by atoms with Gasteiger partial charge in [0, 0.05) is 29.5 Å². The molecular formula is C14H15BrN2O4S. The quantitative estimate of drug-likeness (QED) is 0.805. The molecule has 1 aliphatic rings. The third-order valence-electron chi connectivity index (χ3n) is 3.91. The smallest absolute Gasteiger partial charge is 0.248 e. The molecule has 0 saturated carbocycles. The molecule has 1 aliphatic heterocycles. The van der Waals surface area contributed by atoms with Crippen molar-refractivity contribution in [2.45, 2.75) is 17.6 Å². The van der Waals surface area contributed by atoms with E-state index < -0.39 is 14.6 Å².